The summed E-state index contributed by atoms with van der Waals surface area (Å²) in [5.74, 6) is 0.393. The van der Waals surface area contributed by atoms with Crippen molar-refractivity contribution < 1.29 is 23.1 Å². The predicted molar refractivity (Wildman–Crippen MR) is 80.9 cm³/mol. The quantitative estimate of drug-likeness (QED) is 0.829. The zero-order valence-corrected chi connectivity index (χ0v) is 13.7. The monoisotopic (exact) mass is 336 g/mol. The van der Waals surface area contributed by atoms with Gasteiger partial charge in [0.05, 0.1) is 6.04 Å². The number of hydrogen-bond donors (Lipinski definition) is 2. The third kappa shape index (κ3) is 4.59. The van der Waals surface area contributed by atoms with Crippen LogP contribution in [0.25, 0.3) is 0 Å². The van der Waals surface area contributed by atoms with Crippen molar-refractivity contribution in [1.29, 1.82) is 0 Å². The molecular formula is C16H27F3N2O2. The molecule has 1 amide bonds. The molecule has 134 valence electrons. The molecule has 2 aliphatic rings. The van der Waals surface area contributed by atoms with Crippen molar-refractivity contribution in [3.8, 4) is 0 Å². The number of halogens is 3. The molecule has 1 saturated carbocycles. The van der Waals surface area contributed by atoms with Crippen molar-refractivity contribution in [2.75, 3.05) is 19.6 Å². The Morgan fingerprint density at radius 3 is 2.35 bits per heavy atom. The highest BCUT2D eigenvalue weighted by atomic mass is 19.4. The maximum Gasteiger partial charge on any atom is 0.417 e. The van der Waals surface area contributed by atoms with Gasteiger partial charge in [-0.1, -0.05) is 19.3 Å². The summed E-state index contributed by atoms with van der Waals surface area (Å²) in [7, 11) is 0. The maximum atomic E-state index is 12.8. The number of nitrogens with zero attached hydrogens (tertiary/aromatic N) is 1. The van der Waals surface area contributed by atoms with Crippen LogP contribution in [0.15, 0.2) is 0 Å². The largest absolute Gasteiger partial charge is 0.417 e. The Labute approximate surface area is 135 Å². The van der Waals surface area contributed by atoms with Crippen LogP contribution in [0.5, 0.6) is 0 Å². The van der Waals surface area contributed by atoms with E-state index in [1.54, 1.807) is 11.8 Å². The van der Waals surface area contributed by atoms with Gasteiger partial charge >= 0.3 is 6.18 Å². The van der Waals surface area contributed by atoms with Gasteiger partial charge in [-0.15, -0.1) is 0 Å². The molecule has 0 bridgehead atoms. The average molecular weight is 336 g/mol. The fourth-order valence-electron chi connectivity index (χ4n) is 3.51. The van der Waals surface area contributed by atoms with Crippen LogP contribution in [0.3, 0.4) is 0 Å². The first kappa shape index (κ1) is 18.5. The molecule has 0 aromatic rings. The molecule has 7 heteroatoms. The van der Waals surface area contributed by atoms with Crippen LogP contribution in [-0.4, -0.2) is 53.4 Å². The van der Waals surface area contributed by atoms with Gasteiger partial charge in [-0.25, -0.2) is 0 Å². The molecule has 1 atom stereocenters. The third-order valence-corrected chi connectivity index (χ3v) is 5.37. The lowest BCUT2D eigenvalue weighted by molar-refractivity contribution is -0.273. The molecule has 1 saturated heterocycles. The fraction of sp³-hybridized carbons (Fsp3) is 0.938. The second-order valence-corrected chi connectivity index (χ2v) is 6.99. The van der Waals surface area contributed by atoms with Crippen LogP contribution in [0, 0.1) is 5.92 Å². The van der Waals surface area contributed by atoms with Gasteiger partial charge in [-0.3, -0.25) is 9.69 Å². The van der Waals surface area contributed by atoms with Gasteiger partial charge in [-0.2, -0.15) is 13.2 Å². The normalized spacial score (nSPS) is 25.1. The van der Waals surface area contributed by atoms with Gasteiger partial charge in [-0.05, 0) is 38.5 Å². The molecule has 4 nitrogen and oxygen atoms in total. The molecular weight excluding hydrogens is 309 g/mol. The number of piperidine rings is 1. The van der Waals surface area contributed by atoms with E-state index >= 15 is 0 Å². The molecule has 1 heterocycles. The average Bonchev–Trinajstić information content (AvgIpc) is 2.52. The summed E-state index contributed by atoms with van der Waals surface area (Å²) in [5, 5.41) is 12.6. The van der Waals surface area contributed by atoms with Gasteiger partial charge in [0.2, 0.25) is 5.91 Å². The van der Waals surface area contributed by atoms with E-state index in [0.717, 1.165) is 12.8 Å². The van der Waals surface area contributed by atoms with Crippen LogP contribution in [0.4, 0.5) is 13.2 Å². The Balaban J connectivity index is 1.77. The number of nitrogens with one attached hydrogen (secondary N) is 1. The molecule has 1 unspecified atom stereocenters. The Morgan fingerprint density at radius 2 is 1.83 bits per heavy atom. The van der Waals surface area contributed by atoms with Gasteiger partial charge in [0.1, 0.15) is 0 Å². The van der Waals surface area contributed by atoms with Gasteiger partial charge in [0.25, 0.3) is 0 Å². The first-order valence-corrected chi connectivity index (χ1v) is 8.54. The lowest BCUT2D eigenvalue weighted by Gasteiger charge is -2.41. The zero-order chi connectivity index (χ0) is 17.1. The van der Waals surface area contributed by atoms with Crippen LogP contribution >= 0.6 is 0 Å². The second kappa shape index (κ2) is 7.38. The molecule has 1 aliphatic carbocycles. The Hall–Kier alpha value is -0.820. The number of amides is 1. The van der Waals surface area contributed by atoms with Crippen molar-refractivity contribution in [3.63, 3.8) is 0 Å². The summed E-state index contributed by atoms with van der Waals surface area (Å²) in [4.78, 5) is 13.9. The van der Waals surface area contributed by atoms with Crippen LogP contribution < -0.4 is 5.32 Å². The Kier molecular flexibility index (Phi) is 5.94. The van der Waals surface area contributed by atoms with Crippen molar-refractivity contribution in [1.82, 2.24) is 10.2 Å². The molecule has 2 N–H and O–H groups in total. The number of carbonyl (C=O) groups is 1. The van der Waals surface area contributed by atoms with Crippen LogP contribution in [0.2, 0.25) is 0 Å². The van der Waals surface area contributed by atoms with E-state index < -0.39 is 17.8 Å². The molecule has 2 rings (SSSR count). The smallest absolute Gasteiger partial charge is 0.380 e. The maximum absolute atomic E-state index is 12.8. The van der Waals surface area contributed by atoms with Crippen molar-refractivity contribution in [3.05, 3.63) is 0 Å². The number of carbonyl (C=O) groups excluding carboxylic acids is 1. The van der Waals surface area contributed by atoms with E-state index in [0.29, 0.717) is 12.5 Å². The summed E-state index contributed by atoms with van der Waals surface area (Å²) < 4.78 is 38.4. The summed E-state index contributed by atoms with van der Waals surface area (Å²) in [6.07, 6.45) is 0.584. The Morgan fingerprint density at radius 1 is 1.26 bits per heavy atom. The highest BCUT2D eigenvalue weighted by Crippen LogP contribution is 2.38. The van der Waals surface area contributed by atoms with E-state index in [4.69, 9.17) is 0 Å². The summed E-state index contributed by atoms with van der Waals surface area (Å²) in [6, 6.07) is -0.462. The standard InChI is InChI=1S/C16H27F3N2O2/c1-12(14(22)20-11-13-5-3-2-4-6-13)21-9-7-15(23,8-10-21)16(17,18)19/h12-13,23H,2-11H2,1H3,(H,20,22). The highest BCUT2D eigenvalue weighted by molar-refractivity contribution is 5.81. The van der Waals surface area contributed by atoms with Gasteiger partial charge in [0, 0.05) is 19.6 Å². The topological polar surface area (TPSA) is 52.6 Å². The molecule has 2 fully saturated rings. The highest BCUT2D eigenvalue weighted by Gasteiger charge is 2.54. The second-order valence-electron chi connectivity index (χ2n) is 6.99. The first-order chi connectivity index (χ1) is 10.7. The number of hydrogen-bond acceptors (Lipinski definition) is 3. The lowest BCUT2D eigenvalue weighted by atomic mass is 9.89. The SMILES string of the molecule is CC(C(=O)NCC1CCCCC1)N1CCC(O)(C(F)(F)F)CC1. The minimum absolute atomic E-state index is 0.0774. The van der Waals surface area contributed by atoms with Gasteiger partial charge < -0.3 is 10.4 Å². The van der Waals surface area contributed by atoms with E-state index in [1.165, 1.54) is 19.3 Å². The van der Waals surface area contributed by atoms with Gasteiger partial charge in [0.15, 0.2) is 5.60 Å². The summed E-state index contributed by atoms with van der Waals surface area (Å²) in [6.45, 7) is 2.53. The van der Waals surface area contributed by atoms with E-state index in [9.17, 15) is 23.1 Å². The van der Waals surface area contributed by atoms with E-state index in [2.05, 4.69) is 5.32 Å². The summed E-state index contributed by atoms with van der Waals surface area (Å²) in [5.41, 5.74) is -2.61. The van der Waals surface area contributed by atoms with E-state index in [-0.39, 0.29) is 31.8 Å². The molecule has 0 radical (unpaired) electrons. The Bertz CT molecular complexity index is 401. The minimum atomic E-state index is -4.61. The summed E-state index contributed by atoms with van der Waals surface area (Å²) >= 11 is 0. The van der Waals surface area contributed by atoms with Crippen molar-refractivity contribution in [2.45, 2.75) is 69.7 Å². The lowest BCUT2D eigenvalue weighted by Crippen LogP contribution is -2.57. The molecule has 0 spiro atoms. The number of rotatable bonds is 4. The molecule has 0 aromatic carbocycles. The number of likely N-dealkylation sites (tertiary alicyclic amines) is 1. The van der Waals surface area contributed by atoms with Crippen molar-refractivity contribution >= 4 is 5.91 Å². The number of aliphatic hydroxyl groups is 1. The molecule has 1 aliphatic heterocycles. The zero-order valence-electron chi connectivity index (χ0n) is 13.7. The fourth-order valence-corrected chi connectivity index (χ4v) is 3.51. The molecule has 0 aromatic heterocycles. The van der Waals surface area contributed by atoms with Crippen molar-refractivity contribution in [2.24, 2.45) is 5.92 Å². The predicted octanol–water partition coefficient (Wildman–Crippen LogP) is 2.46. The van der Waals surface area contributed by atoms with E-state index in [1.807, 2.05) is 0 Å². The molecule has 23 heavy (non-hydrogen) atoms. The van der Waals surface area contributed by atoms with Crippen LogP contribution in [0.1, 0.15) is 51.9 Å². The third-order valence-electron chi connectivity index (χ3n) is 5.37. The first-order valence-electron chi connectivity index (χ1n) is 8.54. The van der Waals surface area contributed by atoms with Crippen LogP contribution in [-0.2, 0) is 4.79 Å². The number of alkyl halides is 3. The minimum Gasteiger partial charge on any atom is -0.380 e.